The van der Waals surface area contributed by atoms with Crippen molar-refractivity contribution < 1.29 is 23.5 Å². The number of Topliss-reactive ketones (excluding diaryl/α,β-unsaturated/α-hetero) is 1. The third-order valence-electron chi connectivity index (χ3n) is 4.72. The Kier molecular flexibility index (Phi) is 4.88. The molecule has 0 radical (unpaired) electrons. The summed E-state index contributed by atoms with van der Waals surface area (Å²) < 4.78 is 17.6. The van der Waals surface area contributed by atoms with E-state index in [-0.39, 0.29) is 23.1 Å². The first-order valence-electron chi connectivity index (χ1n) is 9.22. The minimum absolute atomic E-state index is 0.0740. The average molecular weight is 496 g/mol. The van der Waals surface area contributed by atoms with E-state index in [1.165, 1.54) is 12.1 Å². The molecule has 31 heavy (non-hydrogen) atoms. The van der Waals surface area contributed by atoms with Crippen molar-refractivity contribution in [2.24, 2.45) is 0 Å². The molecule has 0 amide bonds. The Morgan fingerprint density at radius 2 is 1.87 bits per heavy atom. The van der Waals surface area contributed by atoms with Crippen LogP contribution in [-0.4, -0.2) is 11.8 Å². The molecular weight excluding hydrogens is 484 g/mol. The van der Waals surface area contributed by atoms with Crippen LogP contribution >= 0.6 is 27.5 Å². The predicted molar refractivity (Wildman–Crippen MR) is 120 cm³/mol. The van der Waals surface area contributed by atoms with Crippen molar-refractivity contribution in [2.75, 3.05) is 0 Å². The maximum atomic E-state index is 12.6. The second-order valence-corrected chi connectivity index (χ2v) is 8.12. The van der Waals surface area contributed by atoms with E-state index in [1.54, 1.807) is 42.5 Å². The highest BCUT2D eigenvalue weighted by molar-refractivity contribution is 9.10. The fourth-order valence-corrected chi connectivity index (χ4v) is 3.81. The first-order chi connectivity index (χ1) is 15.0. The molecule has 1 aliphatic heterocycles. The van der Waals surface area contributed by atoms with Crippen LogP contribution in [0, 0.1) is 0 Å². The van der Waals surface area contributed by atoms with Crippen molar-refractivity contribution in [3.8, 4) is 11.5 Å². The number of hydrogen-bond acceptors (Lipinski definition) is 5. The van der Waals surface area contributed by atoms with Crippen LogP contribution in [0.15, 0.2) is 81.4 Å². The maximum Gasteiger partial charge on any atom is 0.379 e. The Morgan fingerprint density at radius 3 is 2.71 bits per heavy atom. The lowest BCUT2D eigenvalue weighted by atomic mass is 10.1. The number of ketones is 1. The van der Waals surface area contributed by atoms with Gasteiger partial charge in [-0.3, -0.25) is 4.79 Å². The number of furan rings is 1. The zero-order valence-electron chi connectivity index (χ0n) is 15.7. The van der Waals surface area contributed by atoms with Gasteiger partial charge in [0, 0.05) is 20.9 Å². The van der Waals surface area contributed by atoms with Gasteiger partial charge in [-0.05, 0) is 54.1 Å². The van der Waals surface area contributed by atoms with Crippen molar-refractivity contribution in [1.82, 2.24) is 0 Å². The van der Waals surface area contributed by atoms with E-state index >= 15 is 0 Å². The molecule has 0 atom stereocenters. The molecule has 4 aromatic rings. The number of fused-ring (bicyclic) bond motifs is 2. The summed E-state index contributed by atoms with van der Waals surface area (Å²) in [7, 11) is 0. The minimum atomic E-state index is -0.650. The lowest BCUT2D eigenvalue weighted by Gasteiger charge is -2.04. The largest absolute Gasteiger partial charge is 0.452 e. The molecule has 7 heteroatoms. The highest BCUT2D eigenvalue weighted by Crippen LogP contribution is 2.36. The monoisotopic (exact) mass is 494 g/mol. The number of rotatable bonds is 3. The molecule has 0 saturated carbocycles. The zero-order valence-corrected chi connectivity index (χ0v) is 18.1. The summed E-state index contributed by atoms with van der Waals surface area (Å²) in [5.41, 5.74) is 1.63. The standard InChI is InChI=1S/C24H12BrClO5/c25-15-5-8-19-14(9-15)11-22(30-19)24(28)29-16-6-7-17-20(12-16)31-21(23(17)27)10-13-3-1-2-4-18(13)26/h1-12H/b21-10-. The van der Waals surface area contributed by atoms with Gasteiger partial charge in [0.1, 0.15) is 17.1 Å². The number of halogens is 2. The fraction of sp³-hybridized carbons (Fsp3) is 0. The molecule has 152 valence electrons. The molecule has 0 spiro atoms. The maximum absolute atomic E-state index is 12.6. The van der Waals surface area contributed by atoms with Crippen LogP contribution in [0.4, 0.5) is 0 Å². The first kappa shape index (κ1) is 19.6. The van der Waals surface area contributed by atoms with Gasteiger partial charge in [-0.1, -0.05) is 45.7 Å². The van der Waals surface area contributed by atoms with Crippen molar-refractivity contribution in [1.29, 1.82) is 0 Å². The first-order valence-corrected chi connectivity index (χ1v) is 10.4. The smallest absolute Gasteiger partial charge is 0.379 e. The summed E-state index contributed by atoms with van der Waals surface area (Å²) in [4.78, 5) is 25.1. The number of carbonyl (C=O) groups excluding carboxylic acids is 2. The number of hydrogen-bond donors (Lipinski definition) is 0. The Hall–Kier alpha value is -3.35. The van der Waals surface area contributed by atoms with Gasteiger partial charge in [0.05, 0.1) is 5.56 Å². The van der Waals surface area contributed by atoms with Crippen LogP contribution in [0.5, 0.6) is 11.5 Å². The Labute approximate surface area is 190 Å². The fourth-order valence-electron chi connectivity index (χ4n) is 3.24. The predicted octanol–water partition coefficient (Wildman–Crippen LogP) is 6.68. The van der Waals surface area contributed by atoms with E-state index < -0.39 is 5.97 Å². The Morgan fingerprint density at radius 1 is 1.03 bits per heavy atom. The van der Waals surface area contributed by atoms with Crippen molar-refractivity contribution in [2.45, 2.75) is 0 Å². The summed E-state index contributed by atoms with van der Waals surface area (Å²) in [6.45, 7) is 0. The second kappa shape index (κ2) is 7.72. The molecule has 0 bridgehead atoms. The normalized spacial score (nSPS) is 14.0. The lowest BCUT2D eigenvalue weighted by Crippen LogP contribution is -2.07. The molecule has 0 unspecified atom stereocenters. The van der Waals surface area contributed by atoms with E-state index in [4.69, 9.17) is 25.5 Å². The second-order valence-electron chi connectivity index (χ2n) is 6.80. The van der Waals surface area contributed by atoms with Gasteiger partial charge >= 0.3 is 5.97 Å². The summed E-state index contributed by atoms with van der Waals surface area (Å²) in [5, 5.41) is 1.29. The van der Waals surface area contributed by atoms with Crippen molar-refractivity contribution in [3.63, 3.8) is 0 Å². The third-order valence-corrected chi connectivity index (χ3v) is 5.56. The molecule has 0 aliphatic carbocycles. The number of allylic oxidation sites excluding steroid dienone is 1. The quantitative estimate of drug-likeness (QED) is 0.180. The van der Waals surface area contributed by atoms with Gasteiger partial charge in [-0.2, -0.15) is 0 Å². The minimum Gasteiger partial charge on any atom is -0.452 e. The van der Waals surface area contributed by atoms with Crippen LogP contribution in [-0.2, 0) is 0 Å². The topological polar surface area (TPSA) is 65.7 Å². The van der Waals surface area contributed by atoms with Crippen LogP contribution in [0.2, 0.25) is 5.02 Å². The lowest BCUT2D eigenvalue weighted by molar-refractivity contribution is 0.0703. The van der Waals surface area contributed by atoms with Gasteiger partial charge in [-0.25, -0.2) is 4.79 Å². The van der Waals surface area contributed by atoms with Crippen molar-refractivity contribution in [3.05, 3.63) is 98.9 Å². The number of benzene rings is 3. The van der Waals surface area contributed by atoms with Gasteiger partial charge in [0.2, 0.25) is 11.5 Å². The summed E-state index contributed by atoms with van der Waals surface area (Å²) >= 11 is 9.54. The number of ether oxygens (including phenoxy) is 2. The van der Waals surface area contributed by atoms with Gasteiger partial charge in [-0.15, -0.1) is 0 Å². The molecule has 0 saturated heterocycles. The highest BCUT2D eigenvalue weighted by atomic mass is 79.9. The molecule has 0 fully saturated rings. The average Bonchev–Trinajstić information content (AvgIpc) is 3.30. The third kappa shape index (κ3) is 3.76. The highest BCUT2D eigenvalue weighted by Gasteiger charge is 2.28. The van der Waals surface area contributed by atoms with E-state index in [0.29, 0.717) is 27.5 Å². The Bertz CT molecular complexity index is 1400. The molecule has 2 heterocycles. The van der Waals surface area contributed by atoms with Crippen LogP contribution in [0.1, 0.15) is 26.5 Å². The molecule has 1 aromatic heterocycles. The van der Waals surface area contributed by atoms with E-state index in [1.807, 2.05) is 18.2 Å². The Balaban J connectivity index is 1.38. The zero-order chi connectivity index (χ0) is 21.5. The van der Waals surface area contributed by atoms with Crippen LogP contribution in [0.3, 0.4) is 0 Å². The summed E-state index contributed by atoms with van der Waals surface area (Å²) in [5.74, 6) is -0.155. The number of carbonyl (C=O) groups is 2. The SMILES string of the molecule is O=C(Oc1ccc2c(c1)O/C(=C\c1ccccc1Cl)C2=O)c1cc2cc(Br)ccc2o1. The van der Waals surface area contributed by atoms with E-state index in [9.17, 15) is 9.59 Å². The molecule has 0 N–H and O–H groups in total. The molecule has 3 aromatic carbocycles. The van der Waals surface area contributed by atoms with Gasteiger partial charge in [0.15, 0.2) is 5.76 Å². The molecular formula is C24H12BrClO5. The van der Waals surface area contributed by atoms with Gasteiger partial charge in [0.25, 0.3) is 0 Å². The molecule has 5 nitrogen and oxygen atoms in total. The van der Waals surface area contributed by atoms with E-state index in [2.05, 4.69) is 15.9 Å². The summed E-state index contributed by atoms with van der Waals surface area (Å²) in [6.07, 6.45) is 1.59. The van der Waals surface area contributed by atoms with E-state index in [0.717, 1.165) is 9.86 Å². The molecule has 1 aliphatic rings. The summed E-state index contributed by atoms with van der Waals surface area (Å²) in [6, 6.07) is 18.8. The van der Waals surface area contributed by atoms with Crippen LogP contribution < -0.4 is 9.47 Å². The molecule has 5 rings (SSSR count). The number of esters is 1. The van der Waals surface area contributed by atoms with Crippen molar-refractivity contribution >= 4 is 56.3 Å². The van der Waals surface area contributed by atoms with Crippen LogP contribution in [0.25, 0.3) is 17.0 Å². The van der Waals surface area contributed by atoms with Gasteiger partial charge < -0.3 is 13.9 Å².